The molecule has 1 heterocycles. The largest absolute Gasteiger partial charge is 0.450 e. The summed E-state index contributed by atoms with van der Waals surface area (Å²) in [5, 5.41) is 13.9. The minimum atomic E-state index is -0.457. The molecule has 1 aliphatic heterocycles. The standard InChI is InChI=1S/C16H14N2O4/c1-10-2-6-15(14(8-10)18(20)21)22-12-4-5-13-11(9-12)3-7-16(19)17-13/h2,4-6,8-9H,3,7H2,1H3,(H,17,19). The third kappa shape index (κ3) is 2.76. The average molecular weight is 298 g/mol. The molecule has 1 aliphatic rings. The Balaban J connectivity index is 1.91. The summed E-state index contributed by atoms with van der Waals surface area (Å²) in [4.78, 5) is 22.0. The third-order valence-electron chi connectivity index (χ3n) is 3.51. The Bertz CT molecular complexity index is 771. The Kier molecular flexibility index (Phi) is 3.50. The summed E-state index contributed by atoms with van der Waals surface area (Å²) in [7, 11) is 0. The van der Waals surface area contributed by atoms with Crippen LogP contribution < -0.4 is 10.1 Å². The van der Waals surface area contributed by atoms with Crippen LogP contribution in [0.2, 0.25) is 0 Å². The van der Waals surface area contributed by atoms with Crippen molar-refractivity contribution in [2.45, 2.75) is 19.8 Å². The maximum atomic E-state index is 11.3. The van der Waals surface area contributed by atoms with Gasteiger partial charge in [-0.2, -0.15) is 0 Å². The predicted molar refractivity (Wildman–Crippen MR) is 81.3 cm³/mol. The van der Waals surface area contributed by atoms with Crippen molar-refractivity contribution in [2.75, 3.05) is 5.32 Å². The van der Waals surface area contributed by atoms with Crippen LogP contribution in [0.15, 0.2) is 36.4 Å². The molecule has 3 rings (SSSR count). The van der Waals surface area contributed by atoms with E-state index >= 15 is 0 Å². The van der Waals surface area contributed by atoms with Gasteiger partial charge < -0.3 is 10.1 Å². The van der Waals surface area contributed by atoms with E-state index in [1.54, 1.807) is 37.3 Å². The molecule has 2 aromatic carbocycles. The number of nitrogens with zero attached hydrogens (tertiary/aromatic N) is 1. The highest BCUT2D eigenvalue weighted by Crippen LogP contribution is 2.34. The number of nitro groups is 1. The normalized spacial score (nSPS) is 13.2. The molecular weight excluding hydrogens is 284 g/mol. The summed E-state index contributed by atoms with van der Waals surface area (Å²) >= 11 is 0. The number of nitrogens with one attached hydrogen (secondary N) is 1. The number of aryl methyl sites for hydroxylation is 2. The minimum Gasteiger partial charge on any atom is -0.450 e. The van der Waals surface area contributed by atoms with Crippen LogP contribution in [-0.2, 0) is 11.2 Å². The van der Waals surface area contributed by atoms with Crippen LogP contribution in [0, 0.1) is 17.0 Å². The van der Waals surface area contributed by atoms with Crippen LogP contribution in [0.25, 0.3) is 0 Å². The first-order valence-electron chi connectivity index (χ1n) is 6.88. The number of nitro benzene ring substituents is 1. The molecule has 0 saturated heterocycles. The molecule has 2 aromatic rings. The lowest BCUT2D eigenvalue weighted by atomic mass is 10.0. The van der Waals surface area contributed by atoms with Gasteiger partial charge in [-0.1, -0.05) is 6.07 Å². The van der Waals surface area contributed by atoms with Gasteiger partial charge in [-0.15, -0.1) is 0 Å². The Morgan fingerprint density at radius 1 is 1.18 bits per heavy atom. The van der Waals surface area contributed by atoms with Gasteiger partial charge in [0.1, 0.15) is 5.75 Å². The molecule has 0 radical (unpaired) electrons. The zero-order chi connectivity index (χ0) is 15.7. The fourth-order valence-corrected chi connectivity index (χ4v) is 2.41. The van der Waals surface area contributed by atoms with Gasteiger partial charge in [0.05, 0.1) is 4.92 Å². The number of carbonyl (C=O) groups is 1. The van der Waals surface area contributed by atoms with Crippen LogP contribution in [0.4, 0.5) is 11.4 Å². The van der Waals surface area contributed by atoms with Crippen LogP contribution in [0.3, 0.4) is 0 Å². The van der Waals surface area contributed by atoms with Gasteiger partial charge >= 0.3 is 5.69 Å². The first-order chi connectivity index (χ1) is 10.5. The number of hydrogen-bond donors (Lipinski definition) is 1. The van der Waals surface area contributed by atoms with Gasteiger partial charge in [-0.25, -0.2) is 0 Å². The Labute approximate surface area is 126 Å². The lowest BCUT2D eigenvalue weighted by Gasteiger charge is -2.17. The van der Waals surface area contributed by atoms with Crippen molar-refractivity contribution in [2.24, 2.45) is 0 Å². The zero-order valence-electron chi connectivity index (χ0n) is 12.0. The van der Waals surface area contributed by atoms with Crippen molar-refractivity contribution >= 4 is 17.3 Å². The maximum absolute atomic E-state index is 11.3. The van der Waals surface area contributed by atoms with Crippen LogP contribution in [-0.4, -0.2) is 10.8 Å². The van der Waals surface area contributed by atoms with E-state index in [1.165, 1.54) is 6.07 Å². The van der Waals surface area contributed by atoms with Gasteiger partial charge in [0.25, 0.3) is 0 Å². The number of anilines is 1. The second-order valence-electron chi connectivity index (χ2n) is 5.20. The quantitative estimate of drug-likeness (QED) is 0.693. The van der Waals surface area contributed by atoms with E-state index in [0.717, 1.165) is 16.8 Å². The summed E-state index contributed by atoms with van der Waals surface area (Å²) in [6, 6.07) is 10.1. The summed E-state index contributed by atoms with van der Waals surface area (Å²) < 4.78 is 5.66. The van der Waals surface area contributed by atoms with Crippen molar-refractivity contribution in [3.8, 4) is 11.5 Å². The van der Waals surface area contributed by atoms with Gasteiger partial charge in [-0.05, 0) is 48.7 Å². The summed E-state index contributed by atoms with van der Waals surface area (Å²) in [5.41, 5.74) is 2.46. The molecular formula is C16H14N2O4. The SMILES string of the molecule is Cc1ccc(Oc2ccc3c(c2)CCC(=O)N3)c([N+](=O)[O-])c1. The fraction of sp³-hybridized carbons (Fsp3) is 0.188. The van der Waals surface area contributed by atoms with Crippen molar-refractivity contribution in [3.05, 3.63) is 57.6 Å². The number of rotatable bonds is 3. The highest BCUT2D eigenvalue weighted by molar-refractivity contribution is 5.94. The molecule has 0 aromatic heterocycles. The number of ether oxygens (including phenoxy) is 1. The third-order valence-corrected chi connectivity index (χ3v) is 3.51. The molecule has 0 bridgehead atoms. The number of hydrogen-bond acceptors (Lipinski definition) is 4. The lowest BCUT2D eigenvalue weighted by Crippen LogP contribution is -2.18. The molecule has 1 amide bonds. The summed E-state index contributed by atoms with van der Waals surface area (Å²) in [6.45, 7) is 1.79. The predicted octanol–water partition coefficient (Wildman–Crippen LogP) is 3.58. The lowest BCUT2D eigenvalue weighted by molar-refractivity contribution is -0.385. The van der Waals surface area contributed by atoms with E-state index in [1.807, 2.05) is 0 Å². The number of amides is 1. The second kappa shape index (κ2) is 5.48. The first kappa shape index (κ1) is 14.1. The monoisotopic (exact) mass is 298 g/mol. The smallest absolute Gasteiger partial charge is 0.311 e. The van der Waals surface area contributed by atoms with Crippen LogP contribution >= 0.6 is 0 Å². The van der Waals surface area contributed by atoms with E-state index in [4.69, 9.17) is 4.74 Å². The molecule has 0 unspecified atom stereocenters. The second-order valence-corrected chi connectivity index (χ2v) is 5.20. The van der Waals surface area contributed by atoms with Gasteiger partial charge in [0.15, 0.2) is 0 Å². The van der Waals surface area contributed by atoms with Gasteiger partial charge in [0.2, 0.25) is 11.7 Å². The Hall–Kier alpha value is -2.89. The minimum absolute atomic E-state index is 0.00431. The molecule has 0 aliphatic carbocycles. The average Bonchev–Trinajstić information content (AvgIpc) is 2.49. The molecule has 0 saturated carbocycles. The molecule has 0 fully saturated rings. The molecule has 1 N–H and O–H groups in total. The van der Waals surface area contributed by atoms with Crippen LogP contribution in [0.5, 0.6) is 11.5 Å². The Morgan fingerprint density at radius 3 is 2.77 bits per heavy atom. The highest BCUT2D eigenvalue weighted by atomic mass is 16.6. The first-order valence-corrected chi connectivity index (χ1v) is 6.88. The molecule has 6 nitrogen and oxygen atoms in total. The van der Waals surface area contributed by atoms with Crippen molar-refractivity contribution < 1.29 is 14.5 Å². The fourth-order valence-electron chi connectivity index (χ4n) is 2.41. The molecule has 0 atom stereocenters. The van der Waals surface area contributed by atoms with Crippen molar-refractivity contribution in [1.82, 2.24) is 0 Å². The topological polar surface area (TPSA) is 81.5 Å². The van der Waals surface area contributed by atoms with Crippen molar-refractivity contribution in [1.29, 1.82) is 0 Å². The van der Waals surface area contributed by atoms with Crippen LogP contribution in [0.1, 0.15) is 17.5 Å². The maximum Gasteiger partial charge on any atom is 0.311 e. The number of carbonyl (C=O) groups excluding carboxylic acids is 1. The molecule has 6 heteroatoms. The van der Waals surface area contributed by atoms with E-state index < -0.39 is 4.92 Å². The van der Waals surface area contributed by atoms with E-state index in [9.17, 15) is 14.9 Å². The number of fused-ring (bicyclic) bond motifs is 1. The Morgan fingerprint density at radius 2 is 2.00 bits per heavy atom. The van der Waals surface area contributed by atoms with E-state index in [-0.39, 0.29) is 17.3 Å². The van der Waals surface area contributed by atoms with Gasteiger partial charge in [-0.3, -0.25) is 14.9 Å². The number of benzene rings is 2. The zero-order valence-corrected chi connectivity index (χ0v) is 12.0. The summed E-state index contributed by atoms with van der Waals surface area (Å²) in [6.07, 6.45) is 1.06. The van der Waals surface area contributed by atoms with E-state index in [0.29, 0.717) is 18.6 Å². The summed E-state index contributed by atoms with van der Waals surface area (Å²) in [5.74, 6) is 0.715. The molecule has 22 heavy (non-hydrogen) atoms. The highest BCUT2D eigenvalue weighted by Gasteiger charge is 2.18. The van der Waals surface area contributed by atoms with Gasteiger partial charge in [0, 0.05) is 18.2 Å². The molecule has 0 spiro atoms. The molecule has 112 valence electrons. The van der Waals surface area contributed by atoms with Crippen molar-refractivity contribution in [3.63, 3.8) is 0 Å². The van der Waals surface area contributed by atoms with E-state index in [2.05, 4.69) is 5.32 Å².